The van der Waals surface area contributed by atoms with Crippen LogP contribution in [0.25, 0.3) is 11.0 Å². The zero-order valence-corrected chi connectivity index (χ0v) is 12.3. The molecule has 0 spiro atoms. The number of fused-ring (bicyclic) bond motifs is 3. The number of phenols is 1. The lowest BCUT2D eigenvalue weighted by Crippen LogP contribution is -2.20. The molecule has 2 heterocycles. The van der Waals surface area contributed by atoms with Crippen LogP contribution in [0.15, 0.2) is 21.3 Å². The summed E-state index contributed by atoms with van der Waals surface area (Å²) in [5.41, 5.74) is 2.36. The van der Waals surface area contributed by atoms with Gasteiger partial charge in [0.25, 0.3) is 0 Å². The molecular formula is C17H18O5. The van der Waals surface area contributed by atoms with E-state index >= 15 is 0 Å². The Morgan fingerprint density at radius 3 is 2.50 bits per heavy atom. The third-order valence-electron chi connectivity index (χ3n) is 4.47. The highest BCUT2D eigenvalue weighted by Crippen LogP contribution is 2.38. The molecule has 0 bridgehead atoms. The quantitative estimate of drug-likeness (QED) is 0.820. The molecule has 0 saturated carbocycles. The number of hydrogen-bond donors (Lipinski definition) is 1. The van der Waals surface area contributed by atoms with Crippen LogP contribution in [-0.4, -0.2) is 18.3 Å². The van der Waals surface area contributed by atoms with Gasteiger partial charge in [0.15, 0.2) is 11.9 Å². The molecule has 4 rings (SSSR count). The van der Waals surface area contributed by atoms with Crippen molar-refractivity contribution < 1.29 is 19.0 Å². The fourth-order valence-corrected chi connectivity index (χ4v) is 3.40. The maximum atomic E-state index is 12.3. The molecule has 0 atom stereocenters. The van der Waals surface area contributed by atoms with Crippen molar-refractivity contribution >= 4 is 11.0 Å². The number of benzene rings is 1. The topological polar surface area (TPSA) is 68.9 Å². The van der Waals surface area contributed by atoms with Gasteiger partial charge in [-0.15, -0.1) is 0 Å². The summed E-state index contributed by atoms with van der Waals surface area (Å²) in [6.07, 6.45) is 3.86. The van der Waals surface area contributed by atoms with E-state index in [1.165, 1.54) is 0 Å². The SMILES string of the molecule is O=c1oc2c(C3OCCCO3)c(O)ccc2c2c1CCCC2. The van der Waals surface area contributed by atoms with Crippen LogP contribution >= 0.6 is 0 Å². The molecule has 0 unspecified atom stereocenters. The van der Waals surface area contributed by atoms with Crippen LogP contribution in [0, 0.1) is 0 Å². The number of aryl methyl sites for hydroxylation is 1. The smallest absolute Gasteiger partial charge is 0.339 e. The molecule has 0 radical (unpaired) electrons. The third-order valence-corrected chi connectivity index (χ3v) is 4.47. The molecule has 1 N–H and O–H groups in total. The number of aromatic hydroxyl groups is 1. The third kappa shape index (κ3) is 2.12. The largest absolute Gasteiger partial charge is 0.507 e. The first-order chi connectivity index (χ1) is 10.8. The van der Waals surface area contributed by atoms with Crippen LogP contribution in [0.3, 0.4) is 0 Å². The molecule has 1 aliphatic heterocycles. The Kier molecular flexibility index (Phi) is 3.39. The highest BCUT2D eigenvalue weighted by Gasteiger charge is 2.27. The maximum absolute atomic E-state index is 12.3. The molecule has 1 saturated heterocycles. The summed E-state index contributed by atoms with van der Waals surface area (Å²) >= 11 is 0. The molecule has 116 valence electrons. The first kappa shape index (κ1) is 13.8. The fraction of sp³-hybridized carbons (Fsp3) is 0.471. The molecule has 22 heavy (non-hydrogen) atoms. The van der Waals surface area contributed by atoms with Gasteiger partial charge >= 0.3 is 5.63 Å². The van der Waals surface area contributed by atoms with E-state index in [1.807, 2.05) is 6.07 Å². The lowest BCUT2D eigenvalue weighted by molar-refractivity contribution is -0.183. The van der Waals surface area contributed by atoms with Crippen LogP contribution in [0.4, 0.5) is 0 Å². The Hall–Kier alpha value is -1.85. The molecular weight excluding hydrogens is 284 g/mol. The van der Waals surface area contributed by atoms with E-state index in [9.17, 15) is 9.90 Å². The van der Waals surface area contributed by atoms with Gasteiger partial charge in [-0.05, 0) is 49.8 Å². The van der Waals surface area contributed by atoms with E-state index in [4.69, 9.17) is 13.9 Å². The Bertz CT molecular complexity index is 771. The molecule has 5 nitrogen and oxygen atoms in total. The van der Waals surface area contributed by atoms with Crippen molar-refractivity contribution in [2.24, 2.45) is 0 Å². The maximum Gasteiger partial charge on any atom is 0.339 e. The van der Waals surface area contributed by atoms with E-state index in [-0.39, 0.29) is 11.4 Å². The van der Waals surface area contributed by atoms with Gasteiger partial charge in [-0.25, -0.2) is 4.79 Å². The van der Waals surface area contributed by atoms with Crippen molar-refractivity contribution in [3.8, 4) is 5.75 Å². The van der Waals surface area contributed by atoms with Crippen LogP contribution < -0.4 is 5.63 Å². The van der Waals surface area contributed by atoms with Crippen LogP contribution in [-0.2, 0) is 22.3 Å². The number of hydrogen-bond acceptors (Lipinski definition) is 5. The van der Waals surface area contributed by atoms with Crippen molar-refractivity contribution in [3.05, 3.63) is 39.2 Å². The van der Waals surface area contributed by atoms with Crippen molar-refractivity contribution in [2.45, 2.75) is 38.4 Å². The fourth-order valence-electron chi connectivity index (χ4n) is 3.40. The van der Waals surface area contributed by atoms with E-state index in [1.54, 1.807) is 6.07 Å². The number of phenolic OH excluding ortho intramolecular Hbond substituents is 1. The summed E-state index contributed by atoms with van der Waals surface area (Å²) in [6, 6.07) is 3.46. The first-order valence-corrected chi connectivity index (χ1v) is 7.79. The Morgan fingerprint density at radius 1 is 1.00 bits per heavy atom. The van der Waals surface area contributed by atoms with E-state index in [2.05, 4.69) is 0 Å². The molecule has 2 aromatic rings. The normalized spacial score (nSPS) is 19.3. The lowest BCUT2D eigenvalue weighted by atomic mass is 9.90. The van der Waals surface area contributed by atoms with E-state index < -0.39 is 6.29 Å². The van der Waals surface area contributed by atoms with Crippen molar-refractivity contribution in [3.63, 3.8) is 0 Å². The van der Waals surface area contributed by atoms with Crippen LogP contribution in [0.1, 0.15) is 42.2 Å². The first-order valence-electron chi connectivity index (χ1n) is 7.79. The highest BCUT2D eigenvalue weighted by atomic mass is 16.7. The zero-order valence-electron chi connectivity index (χ0n) is 12.3. The predicted octanol–water partition coefficient (Wildman–Crippen LogP) is 2.81. The predicted molar refractivity (Wildman–Crippen MR) is 80.1 cm³/mol. The van der Waals surface area contributed by atoms with Crippen molar-refractivity contribution in [2.75, 3.05) is 13.2 Å². The minimum absolute atomic E-state index is 0.0401. The summed E-state index contributed by atoms with van der Waals surface area (Å²) in [4.78, 5) is 12.3. The van der Waals surface area contributed by atoms with Gasteiger partial charge in [-0.1, -0.05) is 0 Å². The van der Waals surface area contributed by atoms with E-state index in [0.29, 0.717) is 24.4 Å². The van der Waals surface area contributed by atoms with Crippen molar-refractivity contribution in [1.29, 1.82) is 0 Å². The number of rotatable bonds is 1. The number of ether oxygens (including phenoxy) is 2. The highest BCUT2D eigenvalue weighted by molar-refractivity contribution is 5.86. The van der Waals surface area contributed by atoms with Crippen LogP contribution in [0.5, 0.6) is 5.75 Å². The Labute approximate surface area is 127 Å². The van der Waals surface area contributed by atoms with Gasteiger partial charge in [0.2, 0.25) is 0 Å². The summed E-state index contributed by atoms with van der Waals surface area (Å²) in [7, 11) is 0. The molecule has 5 heteroatoms. The van der Waals surface area contributed by atoms with Gasteiger partial charge in [0.05, 0.1) is 18.8 Å². The van der Waals surface area contributed by atoms with Gasteiger partial charge in [-0.2, -0.15) is 0 Å². The van der Waals surface area contributed by atoms with Crippen molar-refractivity contribution in [1.82, 2.24) is 0 Å². The molecule has 2 aliphatic rings. The zero-order chi connectivity index (χ0) is 15.1. The van der Waals surface area contributed by atoms with Gasteiger partial charge < -0.3 is 19.0 Å². The molecule has 1 aromatic carbocycles. The second kappa shape index (κ2) is 5.41. The summed E-state index contributed by atoms with van der Waals surface area (Å²) in [5, 5.41) is 11.1. The summed E-state index contributed by atoms with van der Waals surface area (Å²) in [5.74, 6) is 0.0401. The average molecular weight is 302 g/mol. The molecule has 1 aliphatic carbocycles. The van der Waals surface area contributed by atoms with Gasteiger partial charge in [0.1, 0.15) is 5.75 Å². The summed E-state index contributed by atoms with van der Waals surface area (Å²) < 4.78 is 16.7. The van der Waals surface area contributed by atoms with E-state index in [0.717, 1.165) is 48.6 Å². The Balaban J connectivity index is 1.98. The second-order valence-electron chi connectivity index (χ2n) is 5.86. The summed E-state index contributed by atoms with van der Waals surface area (Å²) in [6.45, 7) is 1.13. The molecule has 1 aromatic heterocycles. The lowest BCUT2D eigenvalue weighted by Gasteiger charge is -2.25. The molecule has 1 fully saturated rings. The molecule has 0 amide bonds. The van der Waals surface area contributed by atoms with Crippen LogP contribution in [0.2, 0.25) is 0 Å². The average Bonchev–Trinajstić information content (AvgIpc) is 2.56. The van der Waals surface area contributed by atoms with Gasteiger partial charge in [0, 0.05) is 10.9 Å². The van der Waals surface area contributed by atoms with Gasteiger partial charge in [-0.3, -0.25) is 0 Å². The minimum atomic E-state index is -0.678. The Morgan fingerprint density at radius 2 is 1.73 bits per heavy atom. The minimum Gasteiger partial charge on any atom is -0.507 e. The standard InChI is InChI=1S/C17H18O5/c18-13-7-6-11-10-4-1-2-5-12(10)16(19)22-15(11)14(13)17-20-8-3-9-21-17/h6-7,17-18H,1-5,8-9H2. The monoisotopic (exact) mass is 302 g/mol. The second-order valence-corrected chi connectivity index (χ2v) is 5.86.